The summed E-state index contributed by atoms with van der Waals surface area (Å²) in [5.41, 5.74) is 5.34. The van der Waals surface area contributed by atoms with Crippen LogP contribution in [0.15, 0.2) is 83.8 Å². The van der Waals surface area contributed by atoms with Gasteiger partial charge in [0.2, 0.25) is 0 Å². The van der Waals surface area contributed by atoms with E-state index in [2.05, 4.69) is 5.32 Å². The van der Waals surface area contributed by atoms with Crippen molar-refractivity contribution >= 4 is 77.0 Å². The number of benzene rings is 4. The number of hydrogen-bond acceptors (Lipinski definition) is 7. The van der Waals surface area contributed by atoms with Gasteiger partial charge < -0.3 is 5.32 Å². The highest BCUT2D eigenvalue weighted by atomic mass is 35.5. The molecule has 0 unspecified atom stereocenters. The van der Waals surface area contributed by atoms with Crippen LogP contribution in [0.2, 0.25) is 5.02 Å². The lowest BCUT2D eigenvalue weighted by Crippen LogP contribution is -2.11. The van der Waals surface area contributed by atoms with E-state index in [0.717, 1.165) is 36.9 Å². The molecule has 0 aliphatic carbocycles. The second-order valence-electron chi connectivity index (χ2n) is 8.60. The second-order valence-corrected chi connectivity index (χ2v) is 12.0. The van der Waals surface area contributed by atoms with E-state index in [9.17, 15) is 13.2 Å². The largest absolute Gasteiger partial charge is 0.322 e. The van der Waals surface area contributed by atoms with E-state index in [1.165, 1.54) is 11.3 Å². The molecule has 1 N–H and O–H groups in total. The SMILES string of the molecule is Cc1ccc2nc(-c3ccc4nc(-c5ccc(NC(=O)c6ccc(Cl)cc6)cc5)sc4c3)sc2c1[SH](=O)=O. The molecule has 2 aromatic heterocycles. The molecule has 6 aromatic rings. The molecule has 0 radical (unpaired) electrons. The molecule has 38 heavy (non-hydrogen) atoms. The first-order valence-corrected chi connectivity index (χ1v) is 14.7. The Labute approximate surface area is 232 Å². The van der Waals surface area contributed by atoms with Crippen LogP contribution in [0.25, 0.3) is 41.6 Å². The smallest absolute Gasteiger partial charge is 0.255 e. The Morgan fingerprint density at radius 3 is 2.21 bits per heavy atom. The fourth-order valence-corrected chi connectivity index (χ4v) is 7.31. The molecule has 0 fully saturated rings. The van der Waals surface area contributed by atoms with Gasteiger partial charge in [0, 0.05) is 27.4 Å². The molecule has 0 spiro atoms. The number of nitrogens with zero attached hydrogens (tertiary/aromatic N) is 2. The number of hydrogen-bond donors (Lipinski definition) is 2. The molecular formula is C28H18ClN3O3S3. The number of thiol groups is 1. The van der Waals surface area contributed by atoms with Crippen molar-refractivity contribution < 1.29 is 13.2 Å². The zero-order chi connectivity index (χ0) is 26.4. The second kappa shape index (κ2) is 9.92. The summed E-state index contributed by atoms with van der Waals surface area (Å²) in [7, 11) is -2.71. The molecule has 0 saturated carbocycles. The normalized spacial score (nSPS) is 11.4. The molecule has 0 aliphatic rings. The fraction of sp³-hybridized carbons (Fsp3) is 0.0357. The van der Waals surface area contributed by atoms with E-state index in [1.807, 2.05) is 48.5 Å². The third kappa shape index (κ3) is 4.69. The number of carbonyl (C=O) groups excluding carboxylic acids is 1. The maximum Gasteiger partial charge on any atom is 0.255 e. The minimum Gasteiger partial charge on any atom is -0.322 e. The van der Waals surface area contributed by atoms with Crippen molar-refractivity contribution in [3.05, 3.63) is 95.0 Å². The van der Waals surface area contributed by atoms with Crippen molar-refractivity contribution in [1.82, 2.24) is 9.97 Å². The van der Waals surface area contributed by atoms with Crippen molar-refractivity contribution in [3.8, 4) is 21.1 Å². The fourth-order valence-electron chi connectivity index (χ4n) is 4.11. The van der Waals surface area contributed by atoms with Gasteiger partial charge in [0.05, 0.1) is 25.3 Å². The van der Waals surface area contributed by atoms with Crippen LogP contribution in [0, 0.1) is 6.92 Å². The molecule has 6 rings (SSSR count). The Morgan fingerprint density at radius 1 is 0.816 bits per heavy atom. The molecular weight excluding hydrogens is 558 g/mol. The van der Waals surface area contributed by atoms with Gasteiger partial charge in [-0.3, -0.25) is 4.79 Å². The predicted molar refractivity (Wildman–Crippen MR) is 156 cm³/mol. The maximum absolute atomic E-state index is 12.5. The Balaban J connectivity index is 1.26. The van der Waals surface area contributed by atoms with E-state index < -0.39 is 10.7 Å². The van der Waals surface area contributed by atoms with E-state index in [1.54, 1.807) is 48.6 Å². The summed E-state index contributed by atoms with van der Waals surface area (Å²) in [6.07, 6.45) is 0. The predicted octanol–water partition coefficient (Wildman–Crippen LogP) is 7.42. The number of thiazole rings is 2. The highest BCUT2D eigenvalue weighted by Crippen LogP contribution is 2.37. The number of amides is 1. The van der Waals surface area contributed by atoms with Crippen LogP contribution in [0.1, 0.15) is 15.9 Å². The van der Waals surface area contributed by atoms with Crippen molar-refractivity contribution in [2.75, 3.05) is 5.32 Å². The van der Waals surface area contributed by atoms with Gasteiger partial charge >= 0.3 is 0 Å². The number of aromatic nitrogens is 2. The third-order valence-electron chi connectivity index (χ3n) is 6.05. The molecule has 1 amide bonds. The van der Waals surface area contributed by atoms with E-state index in [4.69, 9.17) is 21.6 Å². The van der Waals surface area contributed by atoms with Gasteiger partial charge in [-0.05, 0) is 85.3 Å². The van der Waals surface area contributed by atoms with Crippen molar-refractivity contribution in [1.29, 1.82) is 0 Å². The quantitative estimate of drug-likeness (QED) is 0.209. The van der Waals surface area contributed by atoms with Gasteiger partial charge in [0.15, 0.2) is 10.7 Å². The van der Waals surface area contributed by atoms with Gasteiger partial charge in [-0.25, -0.2) is 18.4 Å². The molecule has 0 bridgehead atoms. The van der Waals surface area contributed by atoms with Crippen LogP contribution in [0.4, 0.5) is 5.69 Å². The molecule has 0 aliphatic heterocycles. The van der Waals surface area contributed by atoms with Crippen LogP contribution in [0.5, 0.6) is 0 Å². The Bertz CT molecular complexity index is 1920. The van der Waals surface area contributed by atoms with Crippen LogP contribution < -0.4 is 5.32 Å². The molecule has 4 aromatic carbocycles. The lowest BCUT2D eigenvalue weighted by Gasteiger charge is -2.06. The van der Waals surface area contributed by atoms with E-state index >= 15 is 0 Å². The van der Waals surface area contributed by atoms with Crippen LogP contribution in [-0.2, 0) is 10.7 Å². The lowest BCUT2D eigenvalue weighted by atomic mass is 10.2. The zero-order valence-electron chi connectivity index (χ0n) is 19.8. The first kappa shape index (κ1) is 24.7. The monoisotopic (exact) mass is 575 g/mol. The summed E-state index contributed by atoms with van der Waals surface area (Å²) in [6.45, 7) is 1.80. The lowest BCUT2D eigenvalue weighted by molar-refractivity contribution is 0.102. The topological polar surface area (TPSA) is 89.0 Å². The van der Waals surface area contributed by atoms with E-state index in [0.29, 0.717) is 31.4 Å². The molecule has 2 heterocycles. The van der Waals surface area contributed by atoms with Crippen LogP contribution in [0.3, 0.4) is 0 Å². The summed E-state index contributed by atoms with van der Waals surface area (Å²) in [5, 5.41) is 5.09. The highest BCUT2D eigenvalue weighted by Gasteiger charge is 2.15. The van der Waals surface area contributed by atoms with Gasteiger partial charge in [0.1, 0.15) is 10.0 Å². The van der Waals surface area contributed by atoms with Crippen molar-refractivity contribution in [3.63, 3.8) is 0 Å². The average molecular weight is 576 g/mol. The Kier molecular flexibility index (Phi) is 6.45. The number of aryl methyl sites for hydroxylation is 1. The van der Waals surface area contributed by atoms with Gasteiger partial charge in [-0.15, -0.1) is 22.7 Å². The molecule has 10 heteroatoms. The van der Waals surface area contributed by atoms with Gasteiger partial charge in [-0.1, -0.05) is 17.7 Å². The van der Waals surface area contributed by atoms with E-state index in [-0.39, 0.29) is 5.91 Å². The van der Waals surface area contributed by atoms with Crippen LogP contribution >= 0.6 is 34.3 Å². The average Bonchev–Trinajstić information content (AvgIpc) is 3.53. The van der Waals surface area contributed by atoms with Gasteiger partial charge in [0.25, 0.3) is 5.91 Å². The summed E-state index contributed by atoms with van der Waals surface area (Å²) >= 11 is 8.85. The van der Waals surface area contributed by atoms with Gasteiger partial charge in [-0.2, -0.15) is 0 Å². The number of rotatable bonds is 5. The first-order chi connectivity index (χ1) is 18.4. The third-order valence-corrected chi connectivity index (χ3v) is 9.60. The first-order valence-electron chi connectivity index (χ1n) is 11.5. The maximum atomic E-state index is 12.5. The summed E-state index contributed by atoms with van der Waals surface area (Å²) < 4.78 is 25.3. The zero-order valence-corrected chi connectivity index (χ0v) is 23.0. The minimum atomic E-state index is -2.71. The molecule has 0 saturated heterocycles. The number of carbonyl (C=O) groups is 1. The molecule has 0 atom stereocenters. The molecule has 6 nitrogen and oxygen atoms in total. The number of halogens is 1. The van der Waals surface area contributed by atoms with Crippen molar-refractivity contribution in [2.24, 2.45) is 0 Å². The Hall–Kier alpha value is -3.63. The summed E-state index contributed by atoms with van der Waals surface area (Å²) in [6, 6.07) is 23.9. The summed E-state index contributed by atoms with van der Waals surface area (Å²) in [5.74, 6) is -0.207. The standard InChI is InChI=1S/C28H18ClN3O3S3/c1-15-2-12-22-24(25(15)38(34)35)37-28(32-22)18-7-13-21-23(14-18)36-27(31-21)17-5-10-20(11-6-17)30-26(33)16-3-8-19(29)9-4-16/h2-14,38H,1H3,(H,30,33). The Morgan fingerprint density at radius 2 is 1.47 bits per heavy atom. The van der Waals surface area contributed by atoms with Crippen LogP contribution in [-0.4, -0.2) is 24.3 Å². The number of anilines is 1. The highest BCUT2D eigenvalue weighted by molar-refractivity contribution is 7.73. The van der Waals surface area contributed by atoms with Crippen molar-refractivity contribution in [2.45, 2.75) is 11.8 Å². The minimum absolute atomic E-state index is 0.207. The molecule has 188 valence electrons. The number of nitrogens with one attached hydrogen (secondary N) is 1. The summed E-state index contributed by atoms with van der Waals surface area (Å²) in [4.78, 5) is 22.3. The number of fused-ring (bicyclic) bond motifs is 2.